The first kappa shape index (κ1) is 21.4. The fourth-order valence-corrected chi connectivity index (χ4v) is 6.72. The third kappa shape index (κ3) is 4.12. The monoisotopic (exact) mass is 468 g/mol. The number of benzene rings is 2. The maximum atomic E-state index is 13.1. The highest BCUT2D eigenvalue weighted by molar-refractivity contribution is 8.00. The average Bonchev–Trinajstić information content (AvgIpc) is 3.30. The highest BCUT2D eigenvalue weighted by Gasteiger charge is 2.30. The SMILES string of the molecule is O=C(CSc1ncnc2ccccc12)N1CCN(S(=O)(=O)c2ccc3c(c2)CCC3)CC1. The molecule has 0 spiro atoms. The molecule has 1 aliphatic heterocycles. The summed E-state index contributed by atoms with van der Waals surface area (Å²) in [6.45, 7) is 1.42. The molecule has 1 aromatic heterocycles. The molecule has 1 amide bonds. The number of hydrogen-bond donors (Lipinski definition) is 0. The fourth-order valence-electron chi connectivity index (χ4n) is 4.35. The molecular formula is C23H24N4O3S2. The second-order valence-electron chi connectivity index (χ2n) is 8.05. The predicted molar refractivity (Wildman–Crippen MR) is 124 cm³/mol. The quantitative estimate of drug-likeness (QED) is 0.423. The van der Waals surface area contributed by atoms with Gasteiger partial charge in [0, 0.05) is 31.6 Å². The molecule has 1 aliphatic carbocycles. The Balaban J connectivity index is 1.20. The van der Waals surface area contributed by atoms with Crippen LogP contribution in [-0.2, 0) is 27.7 Å². The molecule has 32 heavy (non-hydrogen) atoms. The molecule has 9 heteroatoms. The van der Waals surface area contributed by atoms with Crippen LogP contribution in [0.25, 0.3) is 10.9 Å². The standard InChI is InChI=1S/C23H24N4O3S2/c28-22(15-31-23-20-6-1-2-7-21(20)24-16-25-23)26-10-12-27(13-11-26)32(29,30)19-9-8-17-4-3-5-18(17)14-19/h1-2,6-9,14,16H,3-5,10-13,15H2. The molecule has 1 fully saturated rings. The topological polar surface area (TPSA) is 83.5 Å². The minimum absolute atomic E-state index is 0.00716. The Morgan fingerprint density at radius 1 is 0.969 bits per heavy atom. The first-order valence-corrected chi connectivity index (χ1v) is 13.2. The number of thioether (sulfide) groups is 1. The summed E-state index contributed by atoms with van der Waals surface area (Å²) in [5.41, 5.74) is 3.25. The van der Waals surface area contributed by atoms with Crippen molar-refractivity contribution in [1.82, 2.24) is 19.2 Å². The maximum Gasteiger partial charge on any atom is 0.243 e. The van der Waals surface area contributed by atoms with Gasteiger partial charge in [0.25, 0.3) is 0 Å². The van der Waals surface area contributed by atoms with E-state index in [-0.39, 0.29) is 11.7 Å². The van der Waals surface area contributed by atoms with E-state index in [9.17, 15) is 13.2 Å². The summed E-state index contributed by atoms with van der Waals surface area (Å²) in [5.74, 6) is 0.255. The molecule has 0 N–H and O–H groups in total. The number of carbonyl (C=O) groups is 1. The molecule has 3 aromatic rings. The number of rotatable bonds is 5. The molecule has 2 aliphatic rings. The summed E-state index contributed by atoms with van der Waals surface area (Å²) >= 11 is 1.39. The summed E-state index contributed by atoms with van der Waals surface area (Å²) in [6, 6.07) is 13.2. The van der Waals surface area contributed by atoms with Crippen molar-refractivity contribution < 1.29 is 13.2 Å². The molecule has 0 unspecified atom stereocenters. The van der Waals surface area contributed by atoms with Crippen molar-refractivity contribution in [3.63, 3.8) is 0 Å². The Bertz CT molecular complexity index is 1270. The van der Waals surface area contributed by atoms with E-state index in [2.05, 4.69) is 9.97 Å². The van der Waals surface area contributed by atoms with Crippen LogP contribution < -0.4 is 0 Å². The van der Waals surface area contributed by atoms with Crippen molar-refractivity contribution >= 4 is 38.6 Å². The van der Waals surface area contributed by atoms with Gasteiger partial charge in [-0.3, -0.25) is 4.79 Å². The lowest BCUT2D eigenvalue weighted by Gasteiger charge is -2.34. The van der Waals surface area contributed by atoms with Gasteiger partial charge in [-0.25, -0.2) is 18.4 Å². The van der Waals surface area contributed by atoms with Crippen LogP contribution in [0.5, 0.6) is 0 Å². The third-order valence-electron chi connectivity index (χ3n) is 6.14. The van der Waals surface area contributed by atoms with Crippen LogP contribution in [0.3, 0.4) is 0 Å². The maximum absolute atomic E-state index is 13.1. The van der Waals surface area contributed by atoms with Crippen molar-refractivity contribution in [2.45, 2.75) is 29.2 Å². The number of aryl methyl sites for hydroxylation is 2. The van der Waals surface area contributed by atoms with Gasteiger partial charge in [-0.2, -0.15) is 4.31 Å². The number of fused-ring (bicyclic) bond motifs is 2. The Kier molecular flexibility index (Phi) is 5.88. The second-order valence-corrected chi connectivity index (χ2v) is 11.0. The van der Waals surface area contributed by atoms with Crippen LogP contribution in [0.4, 0.5) is 0 Å². The smallest absolute Gasteiger partial charge is 0.243 e. The van der Waals surface area contributed by atoms with Gasteiger partial charge >= 0.3 is 0 Å². The minimum Gasteiger partial charge on any atom is -0.339 e. The zero-order chi connectivity index (χ0) is 22.1. The Morgan fingerprint density at radius 3 is 2.59 bits per heavy atom. The van der Waals surface area contributed by atoms with E-state index in [0.29, 0.717) is 31.1 Å². The number of hydrogen-bond acceptors (Lipinski definition) is 6. The van der Waals surface area contributed by atoms with E-state index < -0.39 is 10.0 Å². The fraction of sp³-hybridized carbons (Fsp3) is 0.348. The van der Waals surface area contributed by atoms with E-state index >= 15 is 0 Å². The second kappa shape index (κ2) is 8.80. The van der Waals surface area contributed by atoms with Gasteiger partial charge in [0.2, 0.25) is 15.9 Å². The molecule has 0 radical (unpaired) electrons. The van der Waals surface area contributed by atoms with Crippen LogP contribution in [0, 0.1) is 0 Å². The number of para-hydroxylation sites is 1. The van der Waals surface area contributed by atoms with Crippen LogP contribution in [0.15, 0.2) is 58.7 Å². The lowest BCUT2D eigenvalue weighted by molar-refractivity contribution is -0.129. The highest BCUT2D eigenvalue weighted by Crippen LogP contribution is 2.27. The van der Waals surface area contributed by atoms with Crippen molar-refractivity contribution in [2.24, 2.45) is 0 Å². The third-order valence-corrected chi connectivity index (χ3v) is 9.02. The summed E-state index contributed by atoms with van der Waals surface area (Å²) in [4.78, 5) is 23.4. The van der Waals surface area contributed by atoms with E-state index in [1.54, 1.807) is 11.0 Å². The van der Waals surface area contributed by atoms with Gasteiger partial charge in [-0.05, 0) is 48.6 Å². The van der Waals surface area contributed by atoms with Crippen molar-refractivity contribution in [3.8, 4) is 0 Å². The largest absolute Gasteiger partial charge is 0.339 e. The summed E-state index contributed by atoms with van der Waals surface area (Å²) in [6.07, 6.45) is 4.57. The van der Waals surface area contributed by atoms with E-state index in [1.165, 1.54) is 28.0 Å². The number of carbonyl (C=O) groups excluding carboxylic acids is 1. The van der Waals surface area contributed by atoms with Crippen LogP contribution in [0.2, 0.25) is 0 Å². The predicted octanol–water partition coefficient (Wildman–Crippen LogP) is 2.74. The van der Waals surface area contributed by atoms with E-state index in [0.717, 1.165) is 40.8 Å². The molecule has 7 nitrogen and oxygen atoms in total. The molecule has 0 bridgehead atoms. The minimum atomic E-state index is -3.54. The van der Waals surface area contributed by atoms with Gasteiger partial charge in [0.15, 0.2) is 0 Å². The lowest BCUT2D eigenvalue weighted by atomic mass is 10.1. The normalized spacial score (nSPS) is 16.9. The summed E-state index contributed by atoms with van der Waals surface area (Å²) in [5, 5.41) is 1.71. The Labute approximate surface area is 191 Å². The molecule has 5 rings (SSSR count). The molecular weight excluding hydrogens is 444 g/mol. The Hall–Kier alpha value is -2.49. The number of nitrogens with zero attached hydrogens (tertiary/aromatic N) is 4. The van der Waals surface area contributed by atoms with E-state index in [4.69, 9.17) is 0 Å². The molecule has 2 heterocycles. The zero-order valence-electron chi connectivity index (χ0n) is 17.6. The first-order chi connectivity index (χ1) is 15.5. The van der Waals surface area contributed by atoms with Gasteiger partial charge in [-0.15, -0.1) is 0 Å². The lowest BCUT2D eigenvalue weighted by Crippen LogP contribution is -2.51. The molecule has 166 valence electrons. The van der Waals surface area contributed by atoms with E-state index in [1.807, 2.05) is 36.4 Å². The summed E-state index contributed by atoms with van der Waals surface area (Å²) in [7, 11) is -3.54. The number of sulfonamides is 1. The van der Waals surface area contributed by atoms with Crippen LogP contribution in [-0.4, -0.2) is 65.4 Å². The molecule has 2 aromatic carbocycles. The van der Waals surface area contributed by atoms with Gasteiger partial charge < -0.3 is 4.90 Å². The van der Waals surface area contributed by atoms with Crippen LogP contribution in [0.1, 0.15) is 17.5 Å². The highest BCUT2D eigenvalue weighted by atomic mass is 32.2. The van der Waals surface area contributed by atoms with Crippen molar-refractivity contribution in [2.75, 3.05) is 31.9 Å². The van der Waals surface area contributed by atoms with Gasteiger partial charge in [0.05, 0.1) is 16.2 Å². The molecule has 0 saturated carbocycles. The summed E-state index contributed by atoms with van der Waals surface area (Å²) < 4.78 is 27.7. The van der Waals surface area contributed by atoms with Crippen molar-refractivity contribution in [1.29, 1.82) is 0 Å². The number of piperazine rings is 1. The molecule has 1 saturated heterocycles. The zero-order valence-corrected chi connectivity index (χ0v) is 19.2. The van der Waals surface area contributed by atoms with Crippen molar-refractivity contribution in [3.05, 3.63) is 59.9 Å². The number of amides is 1. The van der Waals surface area contributed by atoms with Crippen LogP contribution >= 0.6 is 11.8 Å². The van der Waals surface area contributed by atoms with Gasteiger partial charge in [-0.1, -0.05) is 36.0 Å². The Morgan fingerprint density at radius 2 is 1.75 bits per heavy atom. The number of aromatic nitrogens is 2. The average molecular weight is 469 g/mol. The first-order valence-electron chi connectivity index (χ1n) is 10.7. The van der Waals surface area contributed by atoms with Gasteiger partial charge in [0.1, 0.15) is 11.4 Å². The molecule has 0 atom stereocenters.